The fourth-order valence-corrected chi connectivity index (χ4v) is 3.84. The van der Waals surface area contributed by atoms with E-state index in [1.165, 1.54) is 49.8 Å². The predicted octanol–water partition coefficient (Wildman–Crippen LogP) is 4.98. The van der Waals surface area contributed by atoms with Gasteiger partial charge in [0.2, 0.25) is 0 Å². The lowest BCUT2D eigenvalue weighted by Crippen LogP contribution is -2.36. The van der Waals surface area contributed by atoms with Gasteiger partial charge in [-0.3, -0.25) is 0 Å². The Balaban J connectivity index is 2.02. The van der Waals surface area contributed by atoms with E-state index in [9.17, 15) is 0 Å². The smallest absolute Gasteiger partial charge is 0.00104 e. The van der Waals surface area contributed by atoms with Crippen molar-refractivity contribution >= 4 is 0 Å². The second-order valence-electron chi connectivity index (χ2n) is 7.36. The molecule has 1 aromatic carbocycles. The minimum Gasteiger partial charge on any atom is -0.314 e. The SMILES string of the molecule is CCC1CCC(CNC(C)C)C(Cc2cccc(C)c2)C1. The molecule has 118 valence electrons. The van der Waals surface area contributed by atoms with E-state index in [2.05, 4.69) is 57.3 Å². The summed E-state index contributed by atoms with van der Waals surface area (Å²) in [6.07, 6.45) is 6.89. The van der Waals surface area contributed by atoms with Crippen LogP contribution in [0.4, 0.5) is 0 Å². The van der Waals surface area contributed by atoms with Crippen LogP contribution in [0.3, 0.4) is 0 Å². The van der Waals surface area contributed by atoms with Crippen LogP contribution in [0.15, 0.2) is 24.3 Å². The molecular weight excluding hydrogens is 254 g/mol. The molecule has 0 spiro atoms. The number of rotatable bonds is 6. The first kappa shape index (κ1) is 16.5. The average molecular weight is 287 g/mol. The quantitative estimate of drug-likeness (QED) is 0.778. The third-order valence-electron chi connectivity index (χ3n) is 5.19. The maximum absolute atomic E-state index is 3.68. The molecule has 0 aromatic heterocycles. The zero-order valence-electron chi connectivity index (χ0n) is 14.4. The normalized spacial score (nSPS) is 26.2. The van der Waals surface area contributed by atoms with Gasteiger partial charge in [-0.2, -0.15) is 0 Å². The van der Waals surface area contributed by atoms with E-state index in [0.717, 1.165) is 17.8 Å². The van der Waals surface area contributed by atoms with Crippen LogP contribution in [0.5, 0.6) is 0 Å². The maximum Gasteiger partial charge on any atom is 0.00104 e. The van der Waals surface area contributed by atoms with Gasteiger partial charge in [-0.15, -0.1) is 0 Å². The minimum absolute atomic E-state index is 0.605. The molecule has 0 radical (unpaired) electrons. The van der Waals surface area contributed by atoms with Crippen LogP contribution >= 0.6 is 0 Å². The summed E-state index contributed by atoms with van der Waals surface area (Å²) in [4.78, 5) is 0. The highest BCUT2D eigenvalue weighted by atomic mass is 14.9. The Hall–Kier alpha value is -0.820. The van der Waals surface area contributed by atoms with Crippen LogP contribution < -0.4 is 5.32 Å². The number of benzene rings is 1. The van der Waals surface area contributed by atoms with Crippen molar-refractivity contribution in [3.05, 3.63) is 35.4 Å². The standard InChI is InChI=1S/C20H33N/c1-5-17-9-10-19(14-21-15(2)3)20(12-17)13-18-8-6-7-16(4)11-18/h6-8,11,15,17,19-21H,5,9-10,12-14H2,1-4H3. The third-order valence-corrected chi connectivity index (χ3v) is 5.19. The molecule has 0 heterocycles. The Kier molecular flexibility index (Phi) is 6.29. The van der Waals surface area contributed by atoms with Gasteiger partial charge in [0.05, 0.1) is 0 Å². The Morgan fingerprint density at radius 1 is 1.19 bits per heavy atom. The number of hydrogen-bond acceptors (Lipinski definition) is 1. The molecule has 1 saturated carbocycles. The highest BCUT2D eigenvalue weighted by Gasteiger charge is 2.29. The second-order valence-corrected chi connectivity index (χ2v) is 7.36. The summed E-state index contributed by atoms with van der Waals surface area (Å²) in [5.74, 6) is 2.67. The van der Waals surface area contributed by atoms with E-state index in [1.807, 2.05) is 0 Å². The average Bonchev–Trinajstić information content (AvgIpc) is 2.45. The lowest BCUT2D eigenvalue weighted by molar-refractivity contribution is 0.169. The Morgan fingerprint density at radius 3 is 2.67 bits per heavy atom. The van der Waals surface area contributed by atoms with Gasteiger partial charge in [-0.1, -0.05) is 63.4 Å². The molecule has 21 heavy (non-hydrogen) atoms. The first-order chi connectivity index (χ1) is 10.1. The third kappa shape index (κ3) is 5.14. The minimum atomic E-state index is 0.605. The van der Waals surface area contributed by atoms with Crippen molar-refractivity contribution in [2.75, 3.05) is 6.54 Å². The van der Waals surface area contributed by atoms with Gasteiger partial charge in [0.1, 0.15) is 0 Å². The van der Waals surface area contributed by atoms with E-state index in [-0.39, 0.29) is 0 Å². The molecule has 3 atom stereocenters. The summed E-state index contributed by atoms with van der Waals surface area (Å²) in [5.41, 5.74) is 2.93. The maximum atomic E-state index is 3.68. The number of aryl methyl sites for hydroxylation is 1. The summed E-state index contributed by atoms with van der Waals surface area (Å²) in [6, 6.07) is 9.72. The van der Waals surface area contributed by atoms with Gasteiger partial charge in [0.15, 0.2) is 0 Å². The van der Waals surface area contributed by atoms with Crippen LogP contribution in [0.25, 0.3) is 0 Å². The molecule has 1 aliphatic rings. The highest BCUT2D eigenvalue weighted by Crippen LogP contribution is 2.37. The highest BCUT2D eigenvalue weighted by molar-refractivity contribution is 5.22. The summed E-state index contributed by atoms with van der Waals surface area (Å²) >= 11 is 0. The first-order valence-corrected chi connectivity index (χ1v) is 8.87. The molecule has 0 amide bonds. The molecule has 0 saturated heterocycles. The Morgan fingerprint density at radius 2 is 2.00 bits per heavy atom. The number of hydrogen-bond donors (Lipinski definition) is 1. The van der Waals surface area contributed by atoms with E-state index in [4.69, 9.17) is 0 Å². The Bertz CT molecular complexity index is 424. The van der Waals surface area contributed by atoms with E-state index >= 15 is 0 Å². The molecule has 1 aromatic rings. The molecule has 1 N–H and O–H groups in total. The van der Waals surface area contributed by atoms with Crippen molar-refractivity contribution in [2.45, 2.75) is 65.8 Å². The molecule has 1 heteroatoms. The monoisotopic (exact) mass is 287 g/mol. The van der Waals surface area contributed by atoms with Gasteiger partial charge in [0.25, 0.3) is 0 Å². The van der Waals surface area contributed by atoms with Gasteiger partial charge < -0.3 is 5.32 Å². The van der Waals surface area contributed by atoms with Gasteiger partial charge in [-0.25, -0.2) is 0 Å². The Labute approximate surface area is 131 Å². The lowest BCUT2D eigenvalue weighted by atomic mass is 9.71. The number of nitrogens with one attached hydrogen (secondary N) is 1. The van der Waals surface area contributed by atoms with E-state index in [1.54, 1.807) is 0 Å². The largest absolute Gasteiger partial charge is 0.314 e. The van der Waals surface area contributed by atoms with Crippen LogP contribution in [0.2, 0.25) is 0 Å². The summed E-state index contributed by atoms with van der Waals surface area (Å²) in [6.45, 7) is 10.3. The molecule has 1 fully saturated rings. The molecule has 0 aliphatic heterocycles. The van der Waals surface area contributed by atoms with Crippen LogP contribution in [0, 0.1) is 24.7 Å². The van der Waals surface area contributed by atoms with Crippen molar-refractivity contribution in [3.63, 3.8) is 0 Å². The topological polar surface area (TPSA) is 12.0 Å². The summed E-state index contributed by atoms with van der Waals surface area (Å²) in [7, 11) is 0. The summed E-state index contributed by atoms with van der Waals surface area (Å²) in [5, 5.41) is 3.68. The first-order valence-electron chi connectivity index (χ1n) is 8.87. The second kappa shape index (κ2) is 7.98. The predicted molar refractivity (Wildman–Crippen MR) is 92.6 cm³/mol. The fourth-order valence-electron chi connectivity index (χ4n) is 3.84. The van der Waals surface area contributed by atoms with E-state index < -0.39 is 0 Å². The molecule has 1 nitrogen and oxygen atoms in total. The zero-order chi connectivity index (χ0) is 15.2. The van der Waals surface area contributed by atoms with Gasteiger partial charge in [0, 0.05) is 6.04 Å². The lowest BCUT2D eigenvalue weighted by Gasteiger charge is -2.37. The fraction of sp³-hybridized carbons (Fsp3) is 0.700. The van der Waals surface area contributed by atoms with Crippen molar-refractivity contribution in [2.24, 2.45) is 17.8 Å². The van der Waals surface area contributed by atoms with Crippen molar-refractivity contribution < 1.29 is 0 Å². The molecular formula is C20H33N. The van der Waals surface area contributed by atoms with Crippen molar-refractivity contribution in [3.8, 4) is 0 Å². The molecule has 0 bridgehead atoms. The molecule has 2 rings (SSSR count). The zero-order valence-corrected chi connectivity index (χ0v) is 14.4. The van der Waals surface area contributed by atoms with Crippen molar-refractivity contribution in [1.29, 1.82) is 0 Å². The summed E-state index contributed by atoms with van der Waals surface area (Å²) < 4.78 is 0. The molecule has 1 aliphatic carbocycles. The van der Waals surface area contributed by atoms with Crippen LogP contribution in [0.1, 0.15) is 57.6 Å². The van der Waals surface area contributed by atoms with Gasteiger partial charge >= 0.3 is 0 Å². The van der Waals surface area contributed by atoms with E-state index in [0.29, 0.717) is 6.04 Å². The van der Waals surface area contributed by atoms with Crippen molar-refractivity contribution in [1.82, 2.24) is 5.32 Å². The van der Waals surface area contributed by atoms with Gasteiger partial charge in [-0.05, 0) is 56.0 Å². The van der Waals surface area contributed by atoms with Crippen LogP contribution in [-0.4, -0.2) is 12.6 Å². The van der Waals surface area contributed by atoms with Crippen LogP contribution in [-0.2, 0) is 6.42 Å². The molecule has 3 unspecified atom stereocenters.